The molecule has 0 spiro atoms. The molecule has 6 nitrogen and oxygen atoms in total. The van der Waals surface area contributed by atoms with E-state index in [-0.39, 0.29) is 17.7 Å². The van der Waals surface area contributed by atoms with E-state index in [2.05, 4.69) is 11.4 Å². The lowest BCUT2D eigenvalue weighted by Gasteiger charge is -2.41. The molecule has 0 unspecified atom stereocenters. The van der Waals surface area contributed by atoms with Crippen LogP contribution < -0.4 is 11.1 Å². The summed E-state index contributed by atoms with van der Waals surface area (Å²) in [7, 11) is 0. The zero-order valence-electron chi connectivity index (χ0n) is 16.3. The number of fused-ring (bicyclic) bond motifs is 5. The van der Waals surface area contributed by atoms with Crippen molar-refractivity contribution in [2.24, 2.45) is 29.4 Å². The van der Waals surface area contributed by atoms with Crippen LogP contribution in [0.1, 0.15) is 34.3 Å². The zero-order valence-corrected chi connectivity index (χ0v) is 17.1. The number of primary amides is 1. The maximum atomic E-state index is 13.3. The number of hydrogen-bond acceptors (Lipinski definition) is 4. The van der Waals surface area contributed by atoms with Gasteiger partial charge in [-0.25, -0.2) is 0 Å². The SMILES string of the molecule is NC(=O)c1c(NC(=O)[C@@H]2[C@H](C(=O)O)[C@H]3C=C[C@H]2CC3)sc2c1CCc1ccccc1-2. The van der Waals surface area contributed by atoms with Crippen LogP contribution >= 0.6 is 11.3 Å². The summed E-state index contributed by atoms with van der Waals surface area (Å²) in [5.74, 6) is -3.44. The van der Waals surface area contributed by atoms with Gasteiger partial charge in [0, 0.05) is 4.88 Å². The van der Waals surface area contributed by atoms with Crippen molar-refractivity contribution in [3.8, 4) is 10.4 Å². The molecule has 1 aromatic carbocycles. The molecule has 4 atom stereocenters. The van der Waals surface area contributed by atoms with E-state index < -0.39 is 23.7 Å². The second kappa shape index (κ2) is 7.09. The molecule has 0 radical (unpaired) electrons. The lowest BCUT2D eigenvalue weighted by Crippen LogP contribution is -2.47. The lowest BCUT2D eigenvalue weighted by atomic mass is 9.62. The van der Waals surface area contributed by atoms with Gasteiger partial charge in [0.2, 0.25) is 5.91 Å². The molecule has 0 saturated heterocycles. The molecule has 4 aliphatic carbocycles. The molecular formula is C23H22N2O4S. The molecule has 6 rings (SSSR count). The first-order valence-electron chi connectivity index (χ1n) is 10.2. The van der Waals surface area contributed by atoms with Crippen molar-refractivity contribution < 1.29 is 19.5 Å². The van der Waals surface area contributed by atoms with Crippen molar-refractivity contribution in [2.45, 2.75) is 25.7 Å². The number of carboxylic acid groups (broad SMARTS) is 1. The van der Waals surface area contributed by atoms with Crippen LogP contribution in [0.2, 0.25) is 0 Å². The van der Waals surface area contributed by atoms with Crippen LogP contribution in [0.15, 0.2) is 36.4 Å². The third-order valence-corrected chi connectivity index (χ3v) is 7.91. The molecule has 1 aromatic heterocycles. The molecular weight excluding hydrogens is 400 g/mol. The van der Waals surface area contributed by atoms with E-state index in [0.717, 1.165) is 35.3 Å². The number of aryl methyl sites for hydroxylation is 1. The van der Waals surface area contributed by atoms with Crippen molar-refractivity contribution in [1.82, 2.24) is 0 Å². The molecule has 1 heterocycles. The molecule has 2 bridgehead atoms. The third kappa shape index (κ3) is 2.88. The first-order chi connectivity index (χ1) is 14.5. The Bertz CT molecular complexity index is 1100. The number of anilines is 1. The number of hydrogen-bond donors (Lipinski definition) is 3. The molecule has 2 amide bonds. The summed E-state index contributed by atoms with van der Waals surface area (Å²) < 4.78 is 0. The van der Waals surface area contributed by atoms with E-state index in [9.17, 15) is 19.5 Å². The molecule has 7 heteroatoms. The van der Waals surface area contributed by atoms with Crippen LogP contribution in [0.25, 0.3) is 10.4 Å². The molecule has 154 valence electrons. The van der Waals surface area contributed by atoms with Crippen LogP contribution in [0.3, 0.4) is 0 Å². The van der Waals surface area contributed by atoms with Gasteiger partial charge in [0.05, 0.1) is 17.4 Å². The van der Waals surface area contributed by atoms with Gasteiger partial charge in [0.15, 0.2) is 0 Å². The van der Waals surface area contributed by atoms with E-state index in [0.29, 0.717) is 17.0 Å². The van der Waals surface area contributed by atoms with Crippen LogP contribution in [0.4, 0.5) is 5.00 Å². The maximum absolute atomic E-state index is 13.3. The highest BCUT2D eigenvalue weighted by molar-refractivity contribution is 7.20. The van der Waals surface area contributed by atoms with E-state index in [4.69, 9.17) is 5.73 Å². The molecule has 2 aromatic rings. The topological polar surface area (TPSA) is 109 Å². The Hall–Kier alpha value is -2.93. The maximum Gasteiger partial charge on any atom is 0.307 e. The van der Waals surface area contributed by atoms with E-state index in [1.807, 2.05) is 30.4 Å². The number of aliphatic carboxylic acids is 1. The molecule has 4 N–H and O–H groups in total. The number of nitrogens with two attached hydrogens (primary N) is 1. The second-order valence-corrected chi connectivity index (χ2v) is 9.32. The summed E-state index contributed by atoms with van der Waals surface area (Å²) in [5, 5.41) is 13.1. The Labute approximate surface area is 177 Å². The number of thiophene rings is 1. The van der Waals surface area contributed by atoms with Gasteiger partial charge in [0.1, 0.15) is 5.00 Å². The first-order valence-corrected chi connectivity index (χ1v) is 11.0. The summed E-state index contributed by atoms with van der Waals surface area (Å²) in [4.78, 5) is 38.4. The van der Waals surface area contributed by atoms with Gasteiger partial charge in [-0.15, -0.1) is 11.3 Å². The number of carboxylic acids is 1. The van der Waals surface area contributed by atoms with Gasteiger partial charge in [-0.3, -0.25) is 14.4 Å². The number of carbonyl (C=O) groups excluding carboxylic acids is 2. The quantitative estimate of drug-likeness (QED) is 0.656. The minimum Gasteiger partial charge on any atom is -0.481 e. The Kier molecular flexibility index (Phi) is 4.50. The van der Waals surface area contributed by atoms with Gasteiger partial charge in [-0.1, -0.05) is 36.4 Å². The monoisotopic (exact) mass is 422 g/mol. The van der Waals surface area contributed by atoms with Crippen molar-refractivity contribution in [2.75, 3.05) is 5.32 Å². The highest BCUT2D eigenvalue weighted by Crippen LogP contribution is 2.48. The summed E-state index contributed by atoms with van der Waals surface area (Å²) >= 11 is 1.36. The second-order valence-electron chi connectivity index (χ2n) is 8.30. The lowest BCUT2D eigenvalue weighted by molar-refractivity contribution is -0.151. The van der Waals surface area contributed by atoms with Crippen LogP contribution in [0, 0.1) is 23.7 Å². The number of carbonyl (C=O) groups is 3. The molecule has 0 aliphatic heterocycles. The van der Waals surface area contributed by atoms with Gasteiger partial charge in [-0.05, 0) is 54.2 Å². The minimum atomic E-state index is -0.941. The summed E-state index contributed by atoms with van der Waals surface area (Å²) in [6.07, 6.45) is 7.00. The Morgan fingerprint density at radius 2 is 1.73 bits per heavy atom. The summed E-state index contributed by atoms with van der Waals surface area (Å²) in [6, 6.07) is 8.04. The minimum absolute atomic E-state index is 0.0940. The highest BCUT2D eigenvalue weighted by Gasteiger charge is 2.48. The average molecular weight is 423 g/mol. The van der Waals surface area contributed by atoms with Gasteiger partial charge < -0.3 is 16.2 Å². The fourth-order valence-corrected chi connectivity index (χ4v) is 6.69. The van der Waals surface area contributed by atoms with Crippen LogP contribution in [-0.4, -0.2) is 22.9 Å². The molecule has 1 fully saturated rings. The molecule has 4 aliphatic rings. The van der Waals surface area contributed by atoms with Gasteiger partial charge in [0.25, 0.3) is 5.91 Å². The van der Waals surface area contributed by atoms with Crippen molar-refractivity contribution in [3.63, 3.8) is 0 Å². The summed E-state index contributed by atoms with van der Waals surface area (Å²) in [6.45, 7) is 0. The highest BCUT2D eigenvalue weighted by atomic mass is 32.1. The first kappa shape index (κ1) is 19.1. The van der Waals surface area contributed by atoms with Crippen LogP contribution in [-0.2, 0) is 22.4 Å². The number of benzene rings is 1. The Balaban J connectivity index is 1.52. The van der Waals surface area contributed by atoms with Crippen molar-refractivity contribution in [3.05, 3.63) is 53.1 Å². The molecule has 1 saturated carbocycles. The fraction of sp³-hybridized carbons (Fsp3) is 0.348. The van der Waals surface area contributed by atoms with Gasteiger partial charge in [-0.2, -0.15) is 0 Å². The van der Waals surface area contributed by atoms with Crippen LogP contribution in [0.5, 0.6) is 0 Å². The third-order valence-electron chi connectivity index (χ3n) is 6.73. The zero-order chi connectivity index (χ0) is 21.0. The van der Waals surface area contributed by atoms with E-state index >= 15 is 0 Å². The number of amides is 2. The largest absolute Gasteiger partial charge is 0.481 e. The van der Waals surface area contributed by atoms with Crippen molar-refractivity contribution >= 4 is 34.1 Å². The van der Waals surface area contributed by atoms with E-state index in [1.165, 1.54) is 16.9 Å². The fourth-order valence-electron chi connectivity index (χ4n) is 5.37. The average Bonchev–Trinajstić information content (AvgIpc) is 3.12. The Morgan fingerprint density at radius 1 is 1.03 bits per heavy atom. The molecule has 30 heavy (non-hydrogen) atoms. The number of allylic oxidation sites excluding steroid dienone is 2. The standard InChI is InChI=1S/C23H22N2O4S/c24-20(26)18-15-10-9-11-3-1-2-4-14(11)19(15)30-22(18)25-21(27)16-12-5-7-13(8-6-12)17(16)23(28)29/h1-5,7,12-13,16-17H,6,8-10H2,(H2,24,26)(H,25,27)(H,28,29)/t12-,13-,16-,17+/m0/s1. The number of rotatable bonds is 4. The van der Waals surface area contributed by atoms with Gasteiger partial charge >= 0.3 is 5.97 Å². The smallest absolute Gasteiger partial charge is 0.307 e. The predicted molar refractivity (Wildman–Crippen MR) is 114 cm³/mol. The van der Waals surface area contributed by atoms with Crippen molar-refractivity contribution in [1.29, 1.82) is 0 Å². The predicted octanol–water partition coefficient (Wildman–Crippen LogP) is 3.46. The van der Waals surface area contributed by atoms with E-state index in [1.54, 1.807) is 0 Å². The Morgan fingerprint density at radius 3 is 2.40 bits per heavy atom. The summed E-state index contributed by atoms with van der Waals surface area (Å²) in [5.41, 5.74) is 9.22. The normalized spacial score (nSPS) is 26.0. The number of nitrogens with one attached hydrogen (secondary N) is 1.